The molecule has 1 aliphatic heterocycles. The molecule has 1 saturated heterocycles. The number of esters is 1. The van der Waals surface area contributed by atoms with Crippen molar-refractivity contribution >= 4 is 5.97 Å². The van der Waals surface area contributed by atoms with Crippen LogP contribution in [0.25, 0.3) is 0 Å². The fraction of sp³-hybridized carbons (Fsp3) is 0.727. The molecular formula is C11H18O3. The van der Waals surface area contributed by atoms with Crippen molar-refractivity contribution in [3.63, 3.8) is 0 Å². The maximum absolute atomic E-state index is 11.1. The van der Waals surface area contributed by atoms with Gasteiger partial charge in [0.15, 0.2) is 0 Å². The minimum Gasteiger partial charge on any atom is -0.463 e. The Labute approximate surface area is 85.1 Å². The van der Waals surface area contributed by atoms with Gasteiger partial charge in [0, 0.05) is 19.3 Å². The zero-order valence-electron chi connectivity index (χ0n) is 8.91. The first kappa shape index (κ1) is 11.2. The zero-order valence-corrected chi connectivity index (χ0v) is 8.91. The number of hydrogen-bond acceptors (Lipinski definition) is 3. The molecular weight excluding hydrogens is 180 g/mol. The molecule has 3 heteroatoms. The Balaban J connectivity index is 2.44. The summed E-state index contributed by atoms with van der Waals surface area (Å²) in [6.45, 7) is 5.95. The lowest BCUT2D eigenvalue weighted by molar-refractivity contribution is -0.137. The molecule has 1 rings (SSSR count). The van der Waals surface area contributed by atoms with E-state index in [4.69, 9.17) is 9.47 Å². The summed E-state index contributed by atoms with van der Waals surface area (Å²) < 4.78 is 10.1. The molecule has 1 fully saturated rings. The van der Waals surface area contributed by atoms with Crippen LogP contribution in [0, 0.1) is 5.41 Å². The first-order valence-electron chi connectivity index (χ1n) is 5.10. The van der Waals surface area contributed by atoms with Crippen LogP contribution in [0.4, 0.5) is 0 Å². The summed E-state index contributed by atoms with van der Waals surface area (Å²) in [5.74, 6) is -0.250. The molecule has 0 radical (unpaired) electrons. The van der Waals surface area contributed by atoms with Crippen LogP contribution in [-0.2, 0) is 14.3 Å². The maximum atomic E-state index is 11.1. The molecule has 14 heavy (non-hydrogen) atoms. The van der Waals surface area contributed by atoms with Crippen molar-refractivity contribution in [2.24, 2.45) is 5.41 Å². The Morgan fingerprint density at radius 1 is 1.50 bits per heavy atom. The van der Waals surface area contributed by atoms with Crippen molar-refractivity contribution in [3.05, 3.63) is 12.2 Å². The normalized spacial score (nSPS) is 21.0. The second-order valence-electron chi connectivity index (χ2n) is 3.85. The molecule has 0 bridgehead atoms. The Morgan fingerprint density at radius 2 is 2.14 bits per heavy atom. The average molecular weight is 198 g/mol. The number of rotatable bonds is 3. The number of carbonyl (C=O) groups is 1. The fourth-order valence-electron chi connectivity index (χ4n) is 1.46. The van der Waals surface area contributed by atoms with Gasteiger partial charge in [-0.3, -0.25) is 0 Å². The monoisotopic (exact) mass is 198 g/mol. The zero-order chi connectivity index (χ0) is 10.4. The van der Waals surface area contributed by atoms with Crippen LogP contribution >= 0.6 is 0 Å². The largest absolute Gasteiger partial charge is 0.463 e. The summed E-state index contributed by atoms with van der Waals surface area (Å²) in [4.78, 5) is 11.1. The van der Waals surface area contributed by atoms with E-state index in [0.717, 1.165) is 26.1 Å². The van der Waals surface area contributed by atoms with Crippen LogP contribution in [0.1, 0.15) is 26.7 Å². The maximum Gasteiger partial charge on any atom is 0.330 e. The van der Waals surface area contributed by atoms with E-state index >= 15 is 0 Å². The first-order valence-corrected chi connectivity index (χ1v) is 5.10. The van der Waals surface area contributed by atoms with Gasteiger partial charge in [0.1, 0.15) is 0 Å². The van der Waals surface area contributed by atoms with Gasteiger partial charge in [0.05, 0.1) is 6.61 Å². The summed E-state index contributed by atoms with van der Waals surface area (Å²) in [5, 5.41) is 0. The van der Waals surface area contributed by atoms with Gasteiger partial charge >= 0.3 is 5.97 Å². The molecule has 1 heterocycles. The van der Waals surface area contributed by atoms with Crippen molar-refractivity contribution < 1.29 is 14.3 Å². The SMILES string of the molecule is CCOC(=O)C=CC1(C)CCOCC1. The highest BCUT2D eigenvalue weighted by Crippen LogP contribution is 2.30. The molecule has 0 saturated carbocycles. The van der Waals surface area contributed by atoms with Crippen molar-refractivity contribution in [1.82, 2.24) is 0 Å². The first-order chi connectivity index (χ1) is 6.66. The number of hydrogen-bond donors (Lipinski definition) is 0. The standard InChI is InChI=1S/C11H18O3/c1-3-14-10(12)4-5-11(2)6-8-13-9-7-11/h4-5H,3,6-9H2,1-2H3. The van der Waals surface area contributed by atoms with Crippen LogP contribution in [-0.4, -0.2) is 25.8 Å². The molecule has 0 aromatic heterocycles. The second kappa shape index (κ2) is 5.15. The smallest absolute Gasteiger partial charge is 0.330 e. The van der Waals surface area contributed by atoms with E-state index in [1.165, 1.54) is 6.08 Å². The molecule has 0 aliphatic carbocycles. The third kappa shape index (κ3) is 3.50. The van der Waals surface area contributed by atoms with Gasteiger partial charge in [-0.1, -0.05) is 13.0 Å². The fourth-order valence-corrected chi connectivity index (χ4v) is 1.46. The Hall–Kier alpha value is -0.830. The average Bonchev–Trinajstić information content (AvgIpc) is 2.17. The van der Waals surface area contributed by atoms with Gasteiger partial charge in [-0.2, -0.15) is 0 Å². The van der Waals surface area contributed by atoms with Gasteiger partial charge in [-0.05, 0) is 25.2 Å². The highest BCUT2D eigenvalue weighted by atomic mass is 16.5. The molecule has 0 aromatic rings. The van der Waals surface area contributed by atoms with E-state index in [2.05, 4.69) is 6.92 Å². The quantitative estimate of drug-likeness (QED) is 0.513. The topological polar surface area (TPSA) is 35.5 Å². The van der Waals surface area contributed by atoms with Gasteiger partial charge < -0.3 is 9.47 Å². The molecule has 0 amide bonds. The van der Waals surface area contributed by atoms with E-state index in [1.807, 2.05) is 13.0 Å². The lowest BCUT2D eigenvalue weighted by Crippen LogP contribution is -2.24. The van der Waals surface area contributed by atoms with E-state index in [1.54, 1.807) is 0 Å². The predicted molar refractivity (Wildman–Crippen MR) is 53.9 cm³/mol. The second-order valence-corrected chi connectivity index (χ2v) is 3.85. The molecule has 1 aliphatic rings. The Morgan fingerprint density at radius 3 is 2.71 bits per heavy atom. The number of allylic oxidation sites excluding steroid dienone is 1. The van der Waals surface area contributed by atoms with Crippen LogP contribution in [0.3, 0.4) is 0 Å². The number of carbonyl (C=O) groups excluding carboxylic acids is 1. The lowest BCUT2D eigenvalue weighted by atomic mass is 9.82. The lowest BCUT2D eigenvalue weighted by Gasteiger charge is -2.30. The molecule has 0 N–H and O–H groups in total. The highest BCUT2D eigenvalue weighted by molar-refractivity contribution is 5.81. The van der Waals surface area contributed by atoms with Gasteiger partial charge in [0.25, 0.3) is 0 Å². The van der Waals surface area contributed by atoms with Crippen LogP contribution in [0.15, 0.2) is 12.2 Å². The molecule has 0 unspecified atom stereocenters. The van der Waals surface area contributed by atoms with Crippen LogP contribution in [0.2, 0.25) is 0 Å². The highest BCUT2D eigenvalue weighted by Gasteiger charge is 2.24. The van der Waals surface area contributed by atoms with Gasteiger partial charge in [0.2, 0.25) is 0 Å². The van der Waals surface area contributed by atoms with E-state index in [0.29, 0.717) is 6.61 Å². The summed E-state index contributed by atoms with van der Waals surface area (Å²) in [5.41, 5.74) is 0.102. The predicted octanol–water partition coefficient (Wildman–Crippen LogP) is 1.92. The molecule has 0 atom stereocenters. The Bertz CT molecular complexity index is 215. The van der Waals surface area contributed by atoms with E-state index in [9.17, 15) is 4.79 Å². The van der Waals surface area contributed by atoms with E-state index in [-0.39, 0.29) is 11.4 Å². The van der Waals surface area contributed by atoms with Crippen molar-refractivity contribution in [1.29, 1.82) is 0 Å². The van der Waals surface area contributed by atoms with E-state index < -0.39 is 0 Å². The van der Waals surface area contributed by atoms with Crippen molar-refractivity contribution in [3.8, 4) is 0 Å². The summed E-state index contributed by atoms with van der Waals surface area (Å²) in [7, 11) is 0. The summed E-state index contributed by atoms with van der Waals surface area (Å²) >= 11 is 0. The third-order valence-electron chi connectivity index (χ3n) is 2.54. The number of ether oxygens (including phenoxy) is 2. The Kier molecular flexibility index (Phi) is 4.14. The van der Waals surface area contributed by atoms with Crippen molar-refractivity contribution in [2.75, 3.05) is 19.8 Å². The minimum atomic E-state index is -0.250. The molecule has 0 aromatic carbocycles. The summed E-state index contributed by atoms with van der Waals surface area (Å²) in [6.07, 6.45) is 5.44. The third-order valence-corrected chi connectivity index (χ3v) is 2.54. The summed E-state index contributed by atoms with van der Waals surface area (Å²) in [6, 6.07) is 0. The van der Waals surface area contributed by atoms with Gasteiger partial charge in [-0.15, -0.1) is 0 Å². The molecule has 3 nitrogen and oxygen atoms in total. The van der Waals surface area contributed by atoms with Crippen LogP contribution in [0.5, 0.6) is 0 Å². The molecule has 0 spiro atoms. The minimum absolute atomic E-state index is 0.102. The molecule has 80 valence electrons. The van der Waals surface area contributed by atoms with Crippen LogP contribution < -0.4 is 0 Å². The van der Waals surface area contributed by atoms with Gasteiger partial charge in [-0.25, -0.2) is 4.79 Å². The van der Waals surface area contributed by atoms with Crippen molar-refractivity contribution in [2.45, 2.75) is 26.7 Å².